The first-order chi connectivity index (χ1) is 17.7. The fourth-order valence-electron chi connectivity index (χ4n) is 5.53. The van der Waals surface area contributed by atoms with Crippen molar-refractivity contribution >= 4 is 64.7 Å². The van der Waals surface area contributed by atoms with Crippen LogP contribution in [0, 0.1) is 0 Å². The molecule has 0 bridgehead atoms. The molecular formula is C27H28Cl5N5O. The van der Waals surface area contributed by atoms with Gasteiger partial charge in [-0.3, -0.25) is 14.6 Å². The Morgan fingerprint density at radius 3 is 1.95 bits per heavy atom. The smallest absolute Gasteiger partial charge is 0.243 e. The van der Waals surface area contributed by atoms with Crippen LogP contribution >= 0.6 is 58.8 Å². The number of rotatable bonds is 6. The maximum Gasteiger partial charge on any atom is 0.243 e. The first-order valence-electron chi connectivity index (χ1n) is 12.2. The Morgan fingerprint density at radius 2 is 1.39 bits per heavy atom. The van der Waals surface area contributed by atoms with Crippen LogP contribution in [0.3, 0.4) is 0 Å². The summed E-state index contributed by atoms with van der Waals surface area (Å²) in [5, 5.41) is 1.80. The topological polar surface area (TPSA) is 52.6 Å². The van der Waals surface area contributed by atoms with E-state index in [2.05, 4.69) is 31.9 Å². The Hall–Kier alpha value is -1.64. The molecule has 3 aromatic rings. The third kappa shape index (κ3) is 6.39. The number of fused-ring (bicyclic) bond motifs is 1. The van der Waals surface area contributed by atoms with Gasteiger partial charge in [0.2, 0.25) is 5.91 Å². The molecule has 1 fully saturated rings. The molecule has 0 N–H and O–H groups in total. The second-order valence-electron chi connectivity index (χ2n) is 9.78. The molecule has 1 aliphatic carbocycles. The van der Waals surface area contributed by atoms with Crippen molar-refractivity contribution in [1.82, 2.24) is 24.7 Å². The third-order valence-corrected chi connectivity index (χ3v) is 8.04. The summed E-state index contributed by atoms with van der Waals surface area (Å²) in [4.78, 5) is 29.4. The van der Waals surface area contributed by atoms with Gasteiger partial charge in [-0.05, 0) is 35.4 Å². The molecule has 1 aromatic carbocycles. The van der Waals surface area contributed by atoms with Crippen molar-refractivity contribution in [3.63, 3.8) is 0 Å². The van der Waals surface area contributed by atoms with Crippen LogP contribution in [-0.2, 0) is 30.7 Å². The summed E-state index contributed by atoms with van der Waals surface area (Å²) in [6.07, 6.45) is 1.36. The van der Waals surface area contributed by atoms with Gasteiger partial charge < -0.3 is 4.90 Å². The molecule has 0 unspecified atom stereocenters. The summed E-state index contributed by atoms with van der Waals surface area (Å²) in [6.45, 7) is 4.15. The van der Waals surface area contributed by atoms with Gasteiger partial charge in [0, 0.05) is 62.7 Å². The van der Waals surface area contributed by atoms with Crippen LogP contribution in [0.4, 0.5) is 0 Å². The van der Waals surface area contributed by atoms with E-state index < -0.39 is 5.54 Å². The van der Waals surface area contributed by atoms with Gasteiger partial charge >= 0.3 is 0 Å². The maximum atomic E-state index is 14.2. The fourth-order valence-corrected chi connectivity index (χ4v) is 6.56. The Kier molecular flexibility index (Phi) is 9.47. The first-order valence-corrected chi connectivity index (χ1v) is 13.7. The van der Waals surface area contributed by atoms with Crippen molar-refractivity contribution in [1.29, 1.82) is 0 Å². The summed E-state index contributed by atoms with van der Waals surface area (Å²) in [7, 11) is 1.83. The molecule has 11 heteroatoms. The summed E-state index contributed by atoms with van der Waals surface area (Å²) in [6, 6.07) is 15.2. The minimum Gasteiger partial charge on any atom is -0.338 e. The summed E-state index contributed by atoms with van der Waals surface area (Å²) in [5.41, 5.74) is 3.32. The van der Waals surface area contributed by atoms with Crippen molar-refractivity contribution in [3.8, 4) is 0 Å². The van der Waals surface area contributed by atoms with E-state index >= 15 is 0 Å². The molecule has 0 spiro atoms. The van der Waals surface area contributed by atoms with Crippen LogP contribution in [-0.4, -0.2) is 69.3 Å². The molecule has 1 saturated heterocycles. The number of pyridine rings is 2. The highest BCUT2D eigenvalue weighted by Gasteiger charge is 2.50. The second-order valence-corrected chi connectivity index (χ2v) is 11.4. The predicted molar refractivity (Wildman–Crippen MR) is 156 cm³/mol. The standard InChI is InChI=1S/C27H27Cl4N5O.ClH/c1-34(16-22-10-20(28)12-24(30)32-22)26(37)27(14-18-4-2-3-5-19(18)15-27)36-8-6-35(7-9-36)17-23-11-21(29)13-25(31)33-23;/h2-5,10-13H,6-9,14-17H2,1H3;1H. The fraction of sp³-hybridized carbons (Fsp3) is 0.370. The van der Waals surface area contributed by atoms with Gasteiger partial charge in [0.05, 0.1) is 17.9 Å². The summed E-state index contributed by atoms with van der Waals surface area (Å²) >= 11 is 24.6. The molecule has 3 heterocycles. The van der Waals surface area contributed by atoms with Crippen LogP contribution in [0.25, 0.3) is 0 Å². The molecule has 6 nitrogen and oxygen atoms in total. The number of nitrogens with zero attached hydrogens (tertiary/aromatic N) is 5. The number of likely N-dealkylation sites (N-methyl/N-ethyl adjacent to an activating group) is 1. The molecule has 0 radical (unpaired) electrons. The van der Waals surface area contributed by atoms with Crippen molar-refractivity contribution in [2.75, 3.05) is 33.2 Å². The molecule has 2 aromatic heterocycles. The lowest BCUT2D eigenvalue weighted by Gasteiger charge is -2.46. The lowest BCUT2D eigenvalue weighted by Crippen LogP contribution is -2.64. The highest BCUT2D eigenvalue weighted by molar-refractivity contribution is 6.34. The molecule has 0 saturated carbocycles. The number of amides is 1. The Bertz CT molecular complexity index is 1250. The molecule has 202 valence electrons. The van der Waals surface area contributed by atoms with E-state index in [-0.39, 0.29) is 18.3 Å². The Balaban J connectivity index is 0.00000336. The molecule has 5 rings (SSSR count). The van der Waals surface area contributed by atoms with Crippen LogP contribution < -0.4 is 0 Å². The zero-order valence-electron chi connectivity index (χ0n) is 20.8. The molecule has 0 atom stereocenters. The number of carbonyl (C=O) groups excluding carboxylic acids is 1. The van der Waals surface area contributed by atoms with Gasteiger partial charge in [-0.1, -0.05) is 70.7 Å². The van der Waals surface area contributed by atoms with E-state index in [9.17, 15) is 4.79 Å². The van der Waals surface area contributed by atoms with E-state index in [0.29, 0.717) is 52.0 Å². The zero-order chi connectivity index (χ0) is 26.2. The SMILES string of the molecule is CN(Cc1cc(Cl)cc(Cl)n1)C(=O)C1(N2CCN(Cc3cc(Cl)cc(Cl)n3)CC2)Cc2ccccc2C1.Cl. The van der Waals surface area contributed by atoms with Crippen LogP contribution in [0.5, 0.6) is 0 Å². The number of hydrogen-bond acceptors (Lipinski definition) is 5. The first kappa shape index (κ1) is 29.3. The summed E-state index contributed by atoms with van der Waals surface area (Å²) < 4.78 is 0. The molecule has 38 heavy (non-hydrogen) atoms. The van der Waals surface area contributed by atoms with Gasteiger partial charge in [-0.2, -0.15) is 0 Å². The predicted octanol–water partition coefficient (Wildman–Crippen LogP) is 5.83. The normalized spacial score (nSPS) is 17.1. The highest BCUT2D eigenvalue weighted by Crippen LogP contribution is 2.37. The number of hydrogen-bond donors (Lipinski definition) is 0. The lowest BCUT2D eigenvalue weighted by atomic mass is 9.90. The minimum atomic E-state index is -0.648. The number of piperazine rings is 1. The molecule has 1 aliphatic heterocycles. The van der Waals surface area contributed by atoms with Gasteiger partial charge in [0.15, 0.2) is 0 Å². The minimum absolute atomic E-state index is 0. The van der Waals surface area contributed by atoms with E-state index in [4.69, 9.17) is 46.4 Å². The van der Waals surface area contributed by atoms with Gasteiger partial charge in [-0.25, -0.2) is 9.97 Å². The summed E-state index contributed by atoms with van der Waals surface area (Å²) in [5.74, 6) is 0.0818. The number of halogens is 5. The average molecular weight is 616 g/mol. The van der Waals surface area contributed by atoms with Crippen molar-refractivity contribution in [2.45, 2.75) is 31.5 Å². The monoisotopic (exact) mass is 613 g/mol. The average Bonchev–Trinajstić information content (AvgIpc) is 3.23. The second kappa shape index (κ2) is 12.3. The van der Waals surface area contributed by atoms with Crippen LogP contribution in [0.15, 0.2) is 48.5 Å². The quantitative estimate of drug-likeness (QED) is 0.327. The van der Waals surface area contributed by atoms with Gasteiger partial charge in [0.1, 0.15) is 15.8 Å². The lowest BCUT2D eigenvalue weighted by molar-refractivity contribution is -0.145. The van der Waals surface area contributed by atoms with Gasteiger partial charge in [-0.15, -0.1) is 12.4 Å². The Morgan fingerprint density at radius 1 is 0.868 bits per heavy atom. The van der Waals surface area contributed by atoms with Crippen molar-refractivity contribution in [3.05, 3.63) is 91.4 Å². The molecule has 1 amide bonds. The van der Waals surface area contributed by atoms with E-state index in [1.807, 2.05) is 25.2 Å². The Labute approximate surface area is 249 Å². The number of aromatic nitrogens is 2. The third-order valence-electron chi connectivity index (χ3n) is 7.22. The van der Waals surface area contributed by atoms with E-state index in [1.54, 1.807) is 23.1 Å². The highest BCUT2D eigenvalue weighted by atomic mass is 35.5. The number of benzene rings is 1. The van der Waals surface area contributed by atoms with Crippen LogP contribution in [0.1, 0.15) is 22.5 Å². The zero-order valence-corrected chi connectivity index (χ0v) is 24.7. The van der Waals surface area contributed by atoms with E-state index in [0.717, 1.165) is 31.9 Å². The van der Waals surface area contributed by atoms with Crippen molar-refractivity contribution in [2.24, 2.45) is 0 Å². The van der Waals surface area contributed by atoms with Crippen LogP contribution in [0.2, 0.25) is 20.4 Å². The van der Waals surface area contributed by atoms with Crippen molar-refractivity contribution < 1.29 is 4.79 Å². The molecular weight excluding hydrogens is 588 g/mol. The number of carbonyl (C=O) groups is 1. The van der Waals surface area contributed by atoms with E-state index in [1.165, 1.54) is 11.1 Å². The van der Waals surface area contributed by atoms with Gasteiger partial charge in [0.25, 0.3) is 0 Å². The molecule has 2 aliphatic rings. The maximum absolute atomic E-state index is 14.2. The largest absolute Gasteiger partial charge is 0.338 e.